The highest BCUT2D eigenvalue weighted by Gasteiger charge is 2.36. The molecule has 0 spiro atoms. The van der Waals surface area contributed by atoms with Gasteiger partial charge in [0.15, 0.2) is 9.84 Å². The zero-order valence-electron chi connectivity index (χ0n) is 19.0. The first-order chi connectivity index (χ1) is 15.6. The van der Waals surface area contributed by atoms with Crippen molar-refractivity contribution < 1.29 is 32.6 Å². The van der Waals surface area contributed by atoms with Gasteiger partial charge in [0.2, 0.25) is 0 Å². The predicted molar refractivity (Wildman–Crippen MR) is 124 cm³/mol. The van der Waals surface area contributed by atoms with E-state index in [0.717, 1.165) is 11.1 Å². The minimum absolute atomic E-state index is 0.117. The quantitative estimate of drug-likeness (QED) is 0.703. The lowest BCUT2D eigenvalue weighted by Gasteiger charge is -2.40. The number of fused-ring (bicyclic) bond motifs is 1. The van der Waals surface area contributed by atoms with Crippen LogP contribution in [0.3, 0.4) is 0 Å². The molecule has 0 saturated heterocycles. The molecule has 2 aromatic rings. The van der Waals surface area contributed by atoms with Crippen LogP contribution in [0.5, 0.6) is 0 Å². The van der Waals surface area contributed by atoms with Crippen molar-refractivity contribution in [2.75, 3.05) is 35.8 Å². The van der Waals surface area contributed by atoms with Gasteiger partial charge in [-0.05, 0) is 56.2 Å². The largest absolute Gasteiger partial charge is 0.452 e. The number of carbonyl (C=O) groups is 2. The van der Waals surface area contributed by atoms with Crippen LogP contribution in [0.4, 0.5) is 21.0 Å². The summed E-state index contributed by atoms with van der Waals surface area (Å²) in [6, 6.07) is 11.2. The number of benzene rings is 2. The third-order valence-electron chi connectivity index (χ3n) is 5.25. The van der Waals surface area contributed by atoms with Gasteiger partial charge in [-0.25, -0.2) is 18.0 Å². The fraction of sp³-hybridized carbons (Fsp3) is 0.391. The minimum atomic E-state index is -3.56. The van der Waals surface area contributed by atoms with Gasteiger partial charge in [-0.1, -0.05) is 18.2 Å². The Kier molecular flexibility index (Phi) is 7.28. The molecule has 0 saturated carbocycles. The van der Waals surface area contributed by atoms with Crippen LogP contribution in [0.15, 0.2) is 47.4 Å². The van der Waals surface area contributed by atoms with Crippen molar-refractivity contribution in [1.29, 1.82) is 0 Å². The Hall–Kier alpha value is -3.11. The number of carbonyl (C=O) groups excluding carboxylic acids is 2. The number of aliphatic hydroxyl groups is 1. The molecule has 3 rings (SSSR count). The number of rotatable bonds is 5. The number of hydrogen-bond acceptors (Lipinski definition) is 7. The van der Waals surface area contributed by atoms with E-state index in [4.69, 9.17) is 14.6 Å². The zero-order chi connectivity index (χ0) is 24.3. The molecule has 0 aromatic heterocycles. The molecule has 33 heavy (non-hydrogen) atoms. The van der Waals surface area contributed by atoms with Crippen LogP contribution < -0.4 is 9.80 Å². The Balaban J connectivity index is 2.05. The molecule has 0 unspecified atom stereocenters. The number of ether oxygens (including phenoxy) is 2. The highest BCUT2D eigenvalue weighted by Crippen LogP contribution is 2.39. The van der Waals surface area contributed by atoms with E-state index in [9.17, 15) is 18.0 Å². The fourth-order valence-electron chi connectivity index (χ4n) is 3.71. The van der Waals surface area contributed by atoms with Gasteiger partial charge in [0.25, 0.3) is 0 Å². The number of anilines is 2. The van der Waals surface area contributed by atoms with Crippen molar-refractivity contribution in [3.8, 4) is 11.1 Å². The average Bonchev–Trinajstić information content (AvgIpc) is 2.77. The summed E-state index contributed by atoms with van der Waals surface area (Å²) in [7, 11) is -2.26. The van der Waals surface area contributed by atoms with Gasteiger partial charge in [-0.3, -0.25) is 9.80 Å². The first-order valence-corrected chi connectivity index (χ1v) is 12.2. The van der Waals surface area contributed by atoms with Crippen molar-refractivity contribution in [1.82, 2.24) is 0 Å². The monoisotopic (exact) mass is 476 g/mol. The lowest BCUT2D eigenvalue weighted by Crippen LogP contribution is -2.52. The summed E-state index contributed by atoms with van der Waals surface area (Å²) in [6.45, 7) is 5.10. The Morgan fingerprint density at radius 1 is 1.06 bits per heavy atom. The van der Waals surface area contributed by atoms with Crippen LogP contribution in [0.25, 0.3) is 11.1 Å². The normalized spacial score (nSPS) is 15.9. The van der Waals surface area contributed by atoms with Crippen molar-refractivity contribution in [3.63, 3.8) is 0 Å². The number of methoxy groups -OCH3 is 1. The summed E-state index contributed by atoms with van der Waals surface area (Å²) >= 11 is 0. The van der Waals surface area contributed by atoms with Gasteiger partial charge in [-0.2, -0.15) is 0 Å². The summed E-state index contributed by atoms with van der Waals surface area (Å²) in [4.78, 5) is 28.3. The van der Waals surface area contributed by atoms with E-state index in [0.29, 0.717) is 11.4 Å². The smallest absolute Gasteiger partial charge is 0.414 e. The number of hydrogen-bond donors (Lipinski definition) is 1. The van der Waals surface area contributed by atoms with E-state index in [1.807, 2.05) is 6.92 Å². The Bertz CT molecular complexity index is 1130. The second-order valence-corrected chi connectivity index (χ2v) is 10.1. The lowest BCUT2D eigenvalue weighted by molar-refractivity contribution is 0.121. The van der Waals surface area contributed by atoms with Gasteiger partial charge in [0, 0.05) is 0 Å². The Morgan fingerprint density at radius 3 is 2.27 bits per heavy atom. The topological polar surface area (TPSA) is 113 Å². The van der Waals surface area contributed by atoms with Crippen molar-refractivity contribution >= 4 is 33.4 Å². The van der Waals surface area contributed by atoms with Crippen molar-refractivity contribution in [3.05, 3.63) is 42.5 Å². The second kappa shape index (κ2) is 9.80. The van der Waals surface area contributed by atoms with Gasteiger partial charge >= 0.3 is 12.2 Å². The summed E-state index contributed by atoms with van der Waals surface area (Å²) in [5, 5.41) is 8.97. The zero-order valence-corrected chi connectivity index (χ0v) is 19.8. The third-order valence-corrected chi connectivity index (χ3v) is 6.96. The molecule has 0 bridgehead atoms. The molecule has 1 heterocycles. The molecule has 2 aromatic carbocycles. The van der Waals surface area contributed by atoms with Gasteiger partial charge in [0.1, 0.15) is 0 Å². The SMILES string of the molecule is COC(=O)N1c2ccc(-c3ccc(S(=O)(=O)CCO)cc3)cc2N(C(=O)OC(C)C)C[C@@H]1C. The maximum atomic E-state index is 12.8. The molecular formula is C23H28N2O7S. The first-order valence-electron chi connectivity index (χ1n) is 10.5. The molecule has 1 atom stereocenters. The molecule has 178 valence electrons. The second-order valence-electron chi connectivity index (χ2n) is 8.00. The third kappa shape index (κ3) is 5.12. The van der Waals surface area contributed by atoms with Crippen LogP contribution in [0.1, 0.15) is 20.8 Å². The maximum absolute atomic E-state index is 12.8. The molecule has 2 amide bonds. The van der Waals surface area contributed by atoms with Crippen LogP contribution in [-0.4, -0.2) is 63.9 Å². The summed E-state index contributed by atoms with van der Waals surface area (Å²) < 4.78 is 34.7. The van der Waals surface area contributed by atoms with Crippen molar-refractivity contribution in [2.24, 2.45) is 0 Å². The average molecular weight is 477 g/mol. The minimum Gasteiger partial charge on any atom is -0.452 e. The van der Waals surface area contributed by atoms with E-state index in [-0.39, 0.29) is 29.3 Å². The molecule has 9 nitrogen and oxygen atoms in total. The van der Waals surface area contributed by atoms with Gasteiger partial charge in [0.05, 0.1) is 54.4 Å². The fourth-order valence-corrected chi connectivity index (χ4v) is 4.74. The summed E-state index contributed by atoms with van der Waals surface area (Å²) in [6.07, 6.45) is -1.37. The highest BCUT2D eigenvalue weighted by atomic mass is 32.2. The highest BCUT2D eigenvalue weighted by molar-refractivity contribution is 7.91. The van der Waals surface area contributed by atoms with Crippen LogP contribution >= 0.6 is 0 Å². The van der Waals surface area contributed by atoms with Crippen molar-refractivity contribution in [2.45, 2.75) is 37.8 Å². The predicted octanol–water partition coefficient (Wildman–Crippen LogP) is 3.45. The van der Waals surface area contributed by atoms with Crippen LogP contribution in [0, 0.1) is 0 Å². The molecule has 1 N–H and O–H groups in total. The number of nitrogens with zero attached hydrogens (tertiary/aromatic N) is 2. The number of amides is 2. The molecular weight excluding hydrogens is 448 g/mol. The molecule has 0 fully saturated rings. The van der Waals surface area contributed by atoms with Crippen LogP contribution in [0.2, 0.25) is 0 Å². The summed E-state index contributed by atoms with van der Waals surface area (Å²) in [5.41, 5.74) is 2.44. The Labute approximate surface area is 193 Å². The van der Waals surface area contributed by atoms with Crippen LogP contribution in [-0.2, 0) is 19.3 Å². The lowest BCUT2D eigenvalue weighted by atomic mass is 10.0. The molecule has 10 heteroatoms. The van der Waals surface area contributed by atoms with E-state index >= 15 is 0 Å². The Morgan fingerprint density at radius 2 is 1.70 bits per heavy atom. The summed E-state index contributed by atoms with van der Waals surface area (Å²) in [5.74, 6) is -0.348. The molecule has 0 radical (unpaired) electrons. The van der Waals surface area contributed by atoms with E-state index in [1.165, 1.54) is 29.0 Å². The first kappa shape index (κ1) is 24.5. The van der Waals surface area contributed by atoms with E-state index in [1.54, 1.807) is 44.2 Å². The maximum Gasteiger partial charge on any atom is 0.414 e. The van der Waals surface area contributed by atoms with E-state index < -0.39 is 28.6 Å². The van der Waals surface area contributed by atoms with Gasteiger partial charge < -0.3 is 14.6 Å². The standard InChI is InChI=1S/C23H28N2O7S/c1-15(2)32-22(27)24-14-16(3)25(23(28)31-4)20-10-7-18(13-21(20)24)17-5-8-19(9-6-17)33(29,30)12-11-26/h5-10,13,15-16,26H,11-12,14H2,1-4H3/t16-/m0/s1. The number of sulfone groups is 1. The number of aliphatic hydroxyl groups excluding tert-OH is 1. The molecule has 1 aliphatic rings. The van der Waals surface area contributed by atoms with E-state index in [2.05, 4.69) is 0 Å². The molecule has 0 aliphatic carbocycles. The molecule has 1 aliphatic heterocycles. The van der Waals surface area contributed by atoms with Gasteiger partial charge in [-0.15, -0.1) is 0 Å².